The fourth-order valence-corrected chi connectivity index (χ4v) is 3.04. The highest BCUT2D eigenvalue weighted by molar-refractivity contribution is 6.30. The van der Waals surface area contributed by atoms with E-state index in [0.717, 1.165) is 16.7 Å². The van der Waals surface area contributed by atoms with Crippen molar-refractivity contribution in [1.29, 1.82) is 0 Å². The summed E-state index contributed by atoms with van der Waals surface area (Å²) in [5, 5.41) is 11.8. The summed E-state index contributed by atoms with van der Waals surface area (Å²) in [4.78, 5) is 12.5. The van der Waals surface area contributed by atoms with E-state index in [1.165, 1.54) is 0 Å². The Balaban J connectivity index is 1.45. The van der Waals surface area contributed by atoms with E-state index in [9.17, 15) is 4.79 Å². The Morgan fingerprint density at radius 3 is 2.07 bits per heavy atom. The van der Waals surface area contributed by atoms with Crippen LogP contribution in [0, 0.1) is 0 Å². The molecule has 144 valence electrons. The summed E-state index contributed by atoms with van der Waals surface area (Å²) in [6.45, 7) is 1.93. The number of rotatable bonds is 5. The van der Waals surface area contributed by atoms with Gasteiger partial charge in [0.05, 0.1) is 6.04 Å². The highest BCUT2D eigenvalue weighted by atomic mass is 35.5. The first-order chi connectivity index (χ1) is 14.1. The molecular formula is C23H18ClN3O2. The van der Waals surface area contributed by atoms with Crippen molar-refractivity contribution in [3.63, 3.8) is 0 Å². The molecule has 0 saturated carbocycles. The van der Waals surface area contributed by atoms with Crippen molar-refractivity contribution in [2.45, 2.75) is 13.0 Å². The number of carbonyl (C=O) groups excluding carboxylic acids is 1. The van der Waals surface area contributed by atoms with E-state index in [1.807, 2.05) is 61.5 Å². The highest BCUT2D eigenvalue weighted by Gasteiger charge is 2.14. The number of hydrogen-bond acceptors (Lipinski definition) is 4. The molecule has 0 bridgehead atoms. The molecule has 1 unspecified atom stereocenters. The number of carbonyl (C=O) groups is 1. The van der Waals surface area contributed by atoms with Gasteiger partial charge in [-0.25, -0.2) is 0 Å². The predicted octanol–water partition coefficient (Wildman–Crippen LogP) is 5.55. The molecule has 0 radical (unpaired) electrons. The molecule has 1 atom stereocenters. The van der Waals surface area contributed by atoms with Gasteiger partial charge in [-0.05, 0) is 61.0 Å². The molecule has 0 aliphatic rings. The molecule has 0 aliphatic carbocycles. The summed E-state index contributed by atoms with van der Waals surface area (Å²) in [6.07, 6.45) is 0. The van der Waals surface area contributed by atoms with Crippen LogP contribution in [0.25, 0.3) is 22.9 Å². The molecule has 1 amide bonds. The van der Waals surface area contributed by atoms with Crippen LogP contribution in [-0.2, 0) is 0 Å². The van der Waals surface area contributed by atoms with Crippen molar-refractivity contribution in [3.8, 4) is 22.9 Å². The van der Waals surface area contributed by atoms with Crippen molar-refractivity contribution in [3.05, 3.63) is 95.0 Å². The smallest absolute Gasteiger partial charge is 0.251 e. The molecular weight excluding hydrogens is 386 g/mol. The van der Waals surface area contributed by atoms with Crippen molar-refractivity contribution >= 4 is 17.5 Å². The Hall–Kier alpha value is -3.44. The van der Waals surface area contributed by atoms with Gasteiger partial charge in [0.15, 0.2) is 0 Å². The van der Waals surface area contributed by atoms with Crippen LogP contribution in [0.4, 0.5) is 0 Å². The fraction of sp³-hybridized carbons (Fsp3) is 0.0870. The third-order valence-electron chi connectivity index (χ3n) is 4.56. The average Bonchev–Trinajstić information content (AvgIpc) is 3.25. The van der Waals surface area contributed by atoms with Gasteiger partial charge in [-0.3, -0.25) is 4.79 Å². The fourth-order valence-electron chi connectivity index (χ4n) is 2.92. The second-order valence-electron chi connectivity index (χ2n) is 6.60. The molecule has 29 heavy (non-hydrogen) atoms. The van der Waals surface area contributed by atoms with Crippen LogP contribution in [0.15, 0.2) is 83.3 Å². The monoisotopic (exact) mass is 403 g/mol. The molecule has 0 saturated heterocycles. The zero-order valence-electron chi connectivity index (χ0n) is 15.7. The van der Waals surface area contributed by atoms with Crippen LogP contribution in [0.5, 0.6) is 0 Å². The second kappa shape index (κ2) is 8.29. The van der Waals surface area contributed by atoms with Crippen LogP contribution in [-0.4, -0.2) is 16.1 Å². The van der Waals surface area contributed by atoms with Gasteiger partial charge in [0.1, 0.15) is 0 Å². The molecule has 3 aromatic carbocycles. The molecule has 6 heteroatoms. The Morgan fingerprint density at radius 2 is 1.45 bits per heavy atom. The lowest BCUT2D eigenvalue weighted by molar-refractivity contribution is 0.0940. The van der Waals surface area contributed by atoms with Crippen molar-refractivity contribution in [2.24, 2.45) is 0 Å². The van der Waals surface area contributed by atoms with Gasteiger partial charge >= 0.3 is 0 Å². The largest absolute Gasteiger partial charge is 0.416 e. The van der Waals surface area contributed by atoms with Gasteiger partial charge < -0.3 is 9.73 Å². The van der Waals surface area contributed by atoms with Gasteiger partial charge in [0.2, 0.25) is 11.8 Å². The third-order valence-corrected chi connectivity index (χ3v) is 4.81. The van der Waals surface area contributed by atoms with Crippen molar-refractivity contribution in [2.75, 3.05) is 0 Å². The summed E-state index contributed by atoms with van der Waals surface area (Å²) in [7, 11) is 0. The minimum absolute atomic E-state index is 0.135. The molecule has 4 aromatic rings. The second-order valence-corrected chi connectivity index (χ2v) is 7.04. The van der Waals surface area contributed by atoms with Crippen LogP contribution < -0.4 is 5.32 Å². The maximum Gasteiger partial charge on any atom is 0.251 e. The standard InChI is InChI=1S/C23H18ClN3O2/c1-15(16-11-13-20(24)14-12-16)25-21(28)17-7-9-19(10-8-17)23-27-26-22(29-23)18-5-3-2-4-6-18/h2-15H,1H3,(H,25,28). The minimum Gasteiger partial charge on any atom is -0.416 e. The van der Waals surface area contributed by atoms with E-state index < -0.39 is 0 Å². The Morgan fingerprint density at radius 1 is 0.862 bits per heavy atom. The molecule has 5 nitrogen and oxygen atoms in total. The van der Waals surface area contributed by atoms with Gasteiger partial charge in [-0.2, -0.15) is 0 Å². The number of aromatic nitrogens is 2. The first-order valence-electron chi connectivity index (χ1n) is 9.16. The quantitative estimate of drug-likeness (QED) is 0.474. The van der Waals surface area contributed by atoms with Gasteiger partial charge in [0, 0.05) is 21.7 Å². The number of nitrogens with zero attached hydrogens (tertiary/aromatic N) is 2. The summed E-state index contributed by atoms with van der Waals surface area (Å²) in [5.74, 6) is 0.707. The average molecular weight is 404 g/mol. The predicted molar refractivity (Wildman–Crippen MR) is 113 cm³/mol. The Labute approximate surface area is 173 Å². The van der Waals surface area contributed by atoms with Crippen LogP contribution in [0.2, 0.25) is 5.02 Å². The molecule has 0 aliphatic heterocycles. The van der Waals surface area contributed by atoms with Gasteiger partial charge in [-0.1, -0.05) is 41.9 Å². The SMILES string of the molecule is CC(NC(=O)c1ccc(-c2nnc(-c3ccccc3)o2)cc1)c1ccc(Cl)cc1. The molecule has 1 heterocycles. The highest BCUT2D eigenvalue weighted by Crippen LogP contribution is 2.24. The zero-order valence-corrected chi connectivity index (χ0v) is 16.4. The Bertz CT molecular complexity index is 1110. The Kier molecular flexibility index (Phi) is 5.40. The van der Waals surface area contributed by atoms with E-state index >= 15 is 0 Å². The molecule has 1 N–H and O–H groups in total. The van der Waals surface area contributed by atoms with E-state index in [-0.39, 0.29) is 11.9 Å². The number of hydrogen-bond donors (Lipinski definition) is 1. The number of halogens is 1. The maximum absolute atomic E-state index is 12.5. The molecule has 0 fully saturated rings. The van der Waals surface area contributed by atoms with Gasteiger partial charge in [-0.15, -0.1) is 10.2 Å². The first-order valence-corrected chi connectivity index (χ1v) is 9.53. The summed E-state index contributed by atoms with van der Waals surface area (Å²) < 4.78 is 5.75. The van der Waals surface area contributed by atoms with Crippen LogP contribution >= 0.6 is 11.6 Å². The molecule has 0 spiro atoms. The first kappa shape index (κ1) is 18.9. The van der Waals surface area contributed by atoms with E-state index in [0.29, 0.717) is 22.4 Å². The normalized spacial score (nSPS) is 11.8. The lowest BCUT2D eigenvalue weighted by atomic mass is 10.1. The van der Waals surface area contributed by atoms with Crippen LogP contribution in [0.3, 0.4) is 0 Å². The summed E-state index contributed by atoms with van der Waals surface area (Å²) >= 11 is 5.92. The number of amides is 1. The van der Waals surface area contributed by atoms with E-state index in [2.05, 4.69) is 15.5 Å². The summed E-state index contributed by atoms with van der Waals surface area (Å²) in [6, 6.07) is 23.9. The maximum atomic E-state index is 12.5. The van der Waals surface area contributed by atoms with Crippen molar-refractivity contribution in [1.82, 2.24) is 15.5 Å². The number of benzene rings is 3. The topological polar surface area (TPSA) is 68.0 Å². The lowest BCUT2D eigenvalue weighted by Crippen LogP contribution is -2.26. The minimum atomic E-state index is -0.158. The van der Waals surface area contributed by atoms with Gasteiger partial charge in [0.25, 0.3) is 5.91 Å². The lowest BCUT2D eigenvalue weighted by Gasteiger charge is -2.14. The van der Waals surface area contributed by atoms with E-state index in [1.54, 1.807) is 24.3 Å². The number of nitrogens with one attached hydrogen (secondary N) is 1. The van der Waals surface area contributed by atoms with Crippen LogP contribution in [0.1, 0.15) is 28.9 Å². The molecule has 4 rings (SSSR count). The third kappa shape index (κ3) is 4.36. The summed E-state index contributed by atoms with van der Waals surface area (Å²) in [5.41, 5.74) is 3.15. The van der Waals surface area contributed by atoms with E-state index in [4.69, 9.17) is 16.0 Å². The van der Waals surface area contributed by atoms with Crippen molar-refractivity contribution < 1.29 is 9.21 Å². The molecule has 1 aromatic heterocycles. The zero-order chi connectivity index (χ0) is 20.2.